The van der Waals surface area contributed by atoms with Crippen molar-refractivity contribution in [2.24, 2.45) is 4.99 Å². The molecule has 0 spiro atoms. The lowest BCUT2D eigenvalue weighted by Crippen LogP contribution is -2.50. The molecule has 122 valence electrons. The number of nitrogens with one attached hydrogen (secondary N) is 1. The molecule has 0 aliphatic carbocycles. The zero-order valence-corrected chi connectivity index (χ0v) is 13.6. The molecule has 0 radical (unpaired) electrons. The van der Waals surface area contributed by atoms with Crippen molar-refractivity contribution in [2.75, 3.05) is 18.4 Å². The minimum Gasteiger partial charge on any atom is -0.322 e. The van der Waals surface area contributed by atoms with Gasteiger partial charge in [-0.1, -0.05) is 48.9 Å². The Hall–Kier alpha value is -2.46. The molecule has 24 heavy (non-hydrogen) atoms. The first-order valence-corrected chi connectivity index (χ1v) is 8.61. The molecule has 2 aromatic carbocycles. The first-order valence-electron chi connectivity index (χ1n) is 8.61. The molecule has 2 aliphatic rings. The van der Waals surface area contributed by atoms with Gasteiger partial charge in [0, 0.05) is 0 Å². The molecule has 2 heterocycles. The maximum atomic E-state index is 13.0. The number of hydrogen-bond donors (Lipinski definition) is 1. The number of amides is 1. The van der Waals surface area contributed by atoms with Crippen LogP contribution in [0.1, 0.15) is 24.8 Å². The average Bonchev–Trinajstić information content (AvgIpc) is 2.79. The number of nitrogens with zero attached hydrogens (tertiary/aromatic N) is 2. The van der Waals surface area contributed by atoms with Crippen LogP contribution in [0.2, 0.25) is 0 Å². The summed E-state index contributed by atoms with van der Waals surface area (Å²) in [5.41, 5.74) is 3.47. The normalized spacial score (nSPS) is 21.4. The zero-order valence-electron chi connectivity index (χ0n) is 13.6. The van der Waals surface area contributed by atoms with Gasteiger partial charge >= 0.3 is 0 Å². The van der Waals surface area contributed by atoms with E-state index in [-0.39, 0.29) is 11.9 Å². The molecule has 1 fully saturated rings. The molecule has 0 saturated carbocycles. The van der Waals surface area contributed by atoms with E-state index < -0.39 is 0 Å². The number of carbonyl (C=O) groups is 1. The van der Waals surface area contributed by atoms with E-state index in [1.165, 1.54) is 6.42 Å². The monoisotopic (exact) mass is 319 g/mol. The lowest BCUT2D eigenvalue weighted by molar-refractivity contribution is -0.119. The molecule has 1 saturated heterocycles. The number of piperidine rings is 1. The highest BCUT2D eigenvalue weighted by Gasteiger charge is 2.34. The Balaban J connectivity index is 1.83. The van der Waals surface area contributed by atoms with Gasteiger partial charge in [0.15, 0.2) is 0 Å². The number of fused-ring (bicyclic) bond motifs is 1. The summed E-state index contributed by atoms with van der Waals surface area (Å²) >= 11 is 0. The van der Waals surface area contributed by atoms with Gasteiger partial charge in [-0.05, 0) is 43.6 Å². The highest BCUT2D eigenvalue weighted by molar-refractivity contribution is 6.22. The summed E-state index contributed by atoms with van der Waals surface area (Å²) in [5, 5.41) is 3.07. The molecule has 1 amide bonds. The maximum Gasteiger partial charge on any atom is 0.248 e. The Morgan fingerprint density at radius 2 is 1.62 bits per heavy atom. The highest BCUT2D eigenvalue weighted by atomic mass is 16.2. The molecule has 0 aromatic heterocycles. The summed E-state index contributed by atoms with van der Waals surface area (Å²) in [6.07, 6.45) is 3.51. The van der Waals surface area contributed by atoms with Crippen LogP contribution in [-0.4, -0.2) is 35.7 Å². The summed E-state index contributed by atoms with van der Waals surface area (Å²) in [7, 11) is 0. The highest BCUT2D eigenvalue weighted by Crippen LogP contribution is 2.30. The van der Waals surface area contributed by atoms with Crippen molar-refractivity contribution in [2.45, 2.75) is 25.3 Å². The van der Waals surface area contributed by atoms with E-state index >= 15 is 0 Å². The van der Waals surface area contributed by atoms with Crippen LogP contribution >= 0.6 is 0 Å². The third-order valence-corrected chi connectivity index (χ3v) is 4.74. The van der Waals surface area contributed by atoms with E-state index in [9.17, 15) is 4.79 Å². The fourth-order valence-electron chi connectivity index (χ4n) is 3.54. The van der Waals surface area contributed by atoms with Crippen LogP contribution in [0.15, 0.2) is 59.6 Å². The predicted octanol–water partition coefficient (Wildman–Crippen LogP) is 3.61. The van der Waals surface area contributed by atoms with Gasteiger partial charge < -0.3 is 5.32 Å². The van der Waals surface area contributed by atoms with E-state index in [2.05, 4.69) is 10.2 Å². The molecule has 2 aromatic rings. The number of anilines is 1. The SMILES string of the molecule is O=C1Nc2ccccc2N=C(c2ccccc2)C1N1CCCCC1. The van der Waals surface area contributed by atoms with E-state index in [4.69, 9.17) is 4.99 Å². The lowest BCUT2D eigenvalue weighted by atomic mass is 9.98. The van der Waals surface area contributed by atoms with Gasteiger partial charge in [-0.3, -0.25) is 9.69 Å². The summed E-state index contributed by atoms with van der Waals surface area (Å²) in [6, 6.07) is 17.5. The number of likely N-dealkylation sites (tertiary alicyclic amines) is 1. The van der Waals surface area contributed by atoms with Gasteiger partial charge in [-0.15, -0.1) is 0 Å². The zero-order chi connectivity index (χ0) is 16.4. The van der Waals surface area contributed by atoms with Crippen molar-refractivity contribution in [1.29, 1.82) is 0 Å². The Kier molecular flexibility index (Phi) is 4.13. The summed E-state index contributed by atoms with van der Waals surface area (Å²) in [6.45, 7) is 1.89. The van der Waals surface area contributed by atoms with Crippen LogP contribution in [-0.2, 0) is 4.79 Å². The number of rotatable bonds is 2. The van der Waals surface area contributed by atoms with Crippen molar-refractivity contribution in [3.8, 4) is 0 Å². The van der Waals surface area contributed by atoms with E-state index in [1.54, 1.807) is 0 Å². The van der Waals surface area contributed by atoms with E-state index in [0.717, 1.165) is 48.6 Å². The smallest absolute Gasteiger partial charge is 0.248 e. The number of aliphatic imine (C=N–C) groups is 1. The van der Waals surface area contributed by atoms with Crippen molar-refractivity contribution in [1.82, 2.24) is 4.90 Å². The molecular formula is C20H21N3O. The quantitative estimate of drug-likeness (QED) is 0.919. The van der Waals surface area contributed by atoms with Gasteiger partial charge in [0.25, 0.3) is 0 Å². The molecule has 4 nitrogen and oxygen atoms in total. The van der Waals surface area contributed by atoms with Gasteiger partial charge in [0.05, 0.1) is 17.1 Å². The number of carbonyl (C=O) groups excluding carboxylic acids is 1. The van der Waals surface area contributed by atoms with Gasteiger partial charge in [0.2, 0.25) is 5.91 Å². The Morgan fingerprint density at radius 1 is 0.917 bits per heavy atom. The third-order valence-electron chi connectivity index (χ3n) is 4.74. The van der Waals surface area contributed by atoms with Gasteiger partial charge in [0.1, 0.15) is 6.04 Å². The first-order chi connectivity index (χ1) is 11.8. The summed E-state index contributed by atoms with van der Waals surface area (Å²) < 4.78 is 0. The molecule has 1 unspecified atom stereocenters. The second-order valence-corrected chi connectivity index (χ2v) is 6.37. The molecule has 1 atom stereocenters. The topological polar surface area (TPSA) is 44.7 Å². The first kappa shape index (κ1) is 15.1. The molecule has 4 rings (SSSR count). The van der Waals surface area contributed by atoms with Gasteiger partial charge in [-0.2, -0.15) is 0 Å². The van der Waals surface area contributed by atoms with Crippen molar-refractivity contribution in [3.63, 3.8) is 0 Å². The van der Waals surface area contributed by atoms with Crippen LogP contribution in [0, 0.1) is 0 Å². The fourth-order valence-corrected chi connectivity index (χ4v) is 3.54. The van der Waals surface area contributed by atoms with Gasteiger partial charge in [-0.25, -0.2) is 4.99 Å². The van der Waals surface area contributed by atoms with E-state index in [0.29, 0.717) is 0 Å². The van der Waals surface area contributed by atoms with Crippen molar-refractivity contribution < 1.29 is 4.79 Å². The second-order valence-electron chi connectivity index (χ2n) is 6.37. The minimum atomic E-state index is -0.333. The molecular weight excluding hydrogens is 298 g/mol. The predicted molar refractivity (Wildman–Crippen MR) is 96.9 cm³/mol. The Morgan fingerprint density at radius 3 is 2.42 bits per heavy atom. The van der Waals surface area contributed by atoms with Crippen LogP contribution in [0.5, 0.6) is 0 Å². The van der Waals surface area contributed by atoms with Crippen LogP contribution in [0.4, 0.5) is 11.4 Å². The average molecular weight is 319 g/mol. The standard InChI is InChI=1S/C20H21N3O/c24-20-19(23-13-7-2-8-14-23)18(15-9-3-1-4-10-15)21-16-11-5-6-12-17(16)22-20/h1,3-6,9-12,19H,2,7-8,13-14H2,(H,22,24). The van der Waals surface area contributed by atoms with Crippen LogP contribution in [0.25, 0.3) is 0 Å². The largest absolute Gasteiger partial charge is 0.322 e. The number of hydrogen-bond acceptors (Lipinski definition) is 3. The molecule has 1 N–H and O–H groups in total. The molecule has 0 bridgehead atoms. The Labute approximate surface area is 142 Å². The summed E-state index contributed by atoms with van der Waals surface area (Å²) in [5.74, 6) is 0.0180. The molecule has 2 aliphatic heterocycles. The van der Waals surface area contributed by atoms with E-state index in [1.807, 2.05) is 54.6 Å². The lowest BCUT2D eigenvalue weighted by Gasteiger charge is -2.33. The van der Waals surface area contributed by atoms with Crippen LogP contribution in [0.3, 0.4) is 0 Å². The maximum absolute atomic E-state index is 13.0. The summed E-state index contributed by atoms with van der Waals surface area (Å²) in [4.78, 5) is 20.2. The number of para-hydroxylation sites is 2. The fraction of sp³-hybridized carbons (Fsp3) is 0.300. The van der Waals surface area contributed by atoms with Crippen molar-refractivity contribution >= 4 is 23.0 Å². The minimum absolute atomic E-state index is 0.0180. The molecule has 4 heteroatoms. The van der Waals surface area contributed by atoms with Crippen LogP contribution < -0.4 is 5.32 Å². The number of benzene rings is 2. The van der Waals surface area contributed by atoms with Crippen molar-refractivity contribution in [3.05, 3.63) is 60.2 Å². The Bertz CT molecular complexity index is 763. The third kappa shape index (κ3) is 2.85. The second kappa shape index (κ2) is 6.57.